The summed E-state index contributed by atoms with van der Waals surface area (Å²) in [4.78, 5) is 20.8. The minimum atomic E-state index is -0.914. The smallest absolute Gasteiger partial charge is 0.410 e. The van der Waals surface area contributed by atoms with Gasteiger partial charge in [-0.2, -0.15) is 0 Å². The summed E-state index contributed by atoms with van der Waals surface area (Å²) in [5.41, 5.74) is 2.49. The molecule has 1 aliphatic heterocycles. The van der Waals surface area contributed by atoms with Crippen molar-refractivity contribution in [3.05, 3.63) is 66.0 Å². The molecule has 8 nitrogen and oxygen atoms in total. The molecule has 2 aromatic carbocycles. The molecule has 1 aromatic heterocycles. The Morgan fingerprint density at radius 3 is 2.15 bits per heavy atom. The molecule has 0 radical (unpaired) electrons. The van der Waals surface area contributed by atoms with Crippen LogP contribution in [0.25, 0.3) is 11.1 Å². The average molecular weight is 570 g/mol. The molecule has 0 bridgehead atoms. The van der Waals surface area contributed by atoms with Gasteiger partial charge in [0.15, 0.2) is 23.1 Å². The molecule has 1 saturated heterocycles. The number of halogens is 2. The van der Waals surface area contributed by atoms with Crippen LogP contribution in [-0.2, 0) is 11.3 Å². The van der Waals surface area contributed by atoms with E-state index in [-0.39, 0.29) is 12.1 Å². The number of rotatable bonds is 8. The molecule has 0 N–H and O–H groups in total. The Morgan fingerprint density at radius 2 is 1.59 bits per heavy atom. The number of anilines is 1. The monoisotopic (exact) mass is 569 g/mol. The number of piperidine rings is 1. The number of ether oxygens (including phenoxy) is 4. The van der Waals surface area contributed by atoms with E-state index < -0.39 is 17.2 Å². The minimum absolute atomic E-state index is 0.0246. The summed E-state index contributed by atoms with van der Waals surface area (Å²) in [6.45, 7) is 6.88. The predicted molar refractivity (Wildman–Crippen MR) is 153 cm³/mol. The maximum absolute atomic E-state index is 14.3. The summed E-state index contributed by atoms with van der Waals surface area (Å²) < 4.78 is 50.2. The van der Waals surface area contributed by atoms with Gasteiger partial charge in [-0.3, -0.25) is 4.98 Å². The van der Waals surface area contributed by atoms with Crippen molar-refractivity contribution < 1.29 is 32.5 Å². The summed E-state index contributed by atoms with van der Waals surface area (Å²) in [6, 6.07) is 9.60. The van der Waals surface area contributed by atoms with Crippen molar-refractivity contribution in [3.63, 3.8) is 0 Å². The second kappa shape index (κ2) is 12.6. The largest absolute Gasteiger partial charge is 0.493 e. The predicted octanol–water partition coefficient (Wildman–Crippen LogP) is 6.46. The molecule has 0 atom stereocenters. The van der Waals surface area contributed by atoms with Crippen LogP contribution >= 0.6 is 0 Å². The molecule has 3 aromatic rings. The number of aromatic nitrogens is 1. The van der Waals surface area contributed by atoms with Gasteiger partial charge in [0.25, 0.3) is 0 Å². The number of pyridine rings is 1. The van der Waals surface area contributed by atoms with E-state index in [2.05, 4.69) is 4.98 Å². The van der Waals surface area contributed by atoms with Gasteiger partial charge in [0.1, 0.15) is 5.60 Å². The van der Waals surface area contributed by atoms with E-state index in [0.717, 1.165) is 22.8 Å². The fourth-order valence-corrected chi connectivity index (χ4v) is 4.96. The van der Waals surface area contributed by atoms with Crippen LogP contribution in [0.15, 0.2) is 48.8 Å². The van der Waals surface area contributed by atoms with Crippen molar-refractivity contribution in [2.45, 2.75) is 51.8 Å². The zero-order valence-electron chi connectivity index (χ0n) is 24.4. The maximum atomic E-state index is 14.3. The van der Waals surface area contributed by atoms with Gasteiger partial charge in [-0.15, -0.1) is 0 Å². The fourth-order valence-electron chi connectivity index (χ4n) is 4.96. The lowest BCUT2D eigenvalue weighted by Crippen LogP contribution is -2.48. The first-order valence-corrected chi connectivity index (χ1v) is 13.5. The van der Waals surface area contributed by atoms with E-state index in [1.807, 2.05) is 43.9 Å². The van der Waals surface area contributed by atoms with Gasteiger partial charge in [0, 0.05) is 55.4 Å². The quantitative estimate of drug-likeness (QED) is 0.308. The van der Waals surface area contributed by atoms with Crippen molar-refractivity contribution in [2.75, 3.05) is 39.3 Å². The van der Waals surface area contributed by atoms with Gasteiger partial charge in [0.2, 0.25) is 5.75 Å². The van der Waals surface area contributed by atoms with E-state index >= 15 is 0 Å². The molecule has 4 rings (SSSR count). The van der Waals surface area contributed by atoms with E-state index in [9.17, 15) is 13.6 Å². The summed E-state index contributed by atoms with van der Waals surface area (Å²) in [5.74, 6) is -0.285. The highest BCUT2D eigenvalue weighted by molar-refractivity contribution is 5.71. The SMILES string of the molecule is COc1cc(-c2cncc(CN(c3ccc(F)c(F)c3)C3CCN(C(=O)OC(C)(C)C)CC3)c2)cc(OC)c1OC. The van der Waals surface area contributed by atoms with Crippen molar-refractivity contribution in [3.8, 4) is 28.4 Å². The van der Waals surface area contributed by atoms with Crippen molar-refractivity contribution in [2.24, 2.45) is 0 Å². The van der Waals surface area contributed by atoms with Crippen LogP contribution < -0.4 is 19.1 Å². The topological polar surface area (TPSA) is 73.4 Å². The third kappa shape index (κ3) is 7.17. The Hall–Kier alpha value is -4.08. The second-order valence-corrected chi connectivity index (χ2v) is 10.9. The summed E-state index contributed by atoms with van der Waals surface area (Å²) in [7, 11) is 4.67. The number of likely N-dealkylation sites (tertiary alicyclic amines) is 1. The summed E-state index contributed by atoms with van der Waals surface area (Å²) in [6.07, 6.45) is 4.42. The van der Waals surface area contributed by atoms with Crippen LogP contribution in [0.1, 0.15) is 39.2 Å². The maximum Gasteiger partial charge on any atom is 0.410 e. The Balaban J connectivity index is 1.61. The molecule has 1 fully saturated rings. The number of benzene rings is 2. The van der Waals surface area contributed by atoms with Crippen molar-refractivity contribution in [1.29, 1.82) is 0 Å². The van der Waals surface area contributed by atoms with Gasteiger partial charge in [-0.1, -0.05) is 0 Å². The van der Waals surface area contributed by atoms with Crippen LogP contribution in [-0.4, -0.2) is 62.0 Å². The van der Waals surface area contributed by atoms with E-state index in [4.69, 9.17) is 18.9 Å². The minimum Gasteiger partial charge on any atom is -0.493 e. The molecular weight excluding hydrogens is 532 g/mol. The number of amides is 1. The van der Waals surface area contributed by atoms with Crippen LogP contribution in [0.3, 0.4) is 0 Å². The lowest BCUT2D eigenvalue weighted by molar-refractivity contribution is 0.0204. The Kier molecular flexibility index (Phi) is 9.20. The molecule has 0 spiro atoms. The normalized spacial score (nSPS) is 14.0. The zero-order valence-corrected chi connectivity index (χ0v) is 24.4. The van der Waals surface area contributed by atoms with Crippen molar-refractivity contribution in [1.82, 2.24) is 9.88 Å². The number of nitrogens with zero attached hydrogens (tertiary/aromatic N) is 3. The van der Waals surface area contributed by atoms with Gasteiger partial charge in [-0.05, 0) is 75.1 Å². The summed E-state index contributed by atoms with van der Waals surface area (Å²) in [5, 5.41) is 0. The van der Waals surface area contributed by atoms with E-state index in [1.165, 1.54) is 6.07 Å². The molecular formula is C31H37F2N3O5. The molecule has 1 amide bonds. The molecule has 41 heavy (non-hydrogen) atoms. The number of methoxy groups -OCH3 is 3. The molecule has 10 heteroatoms. The van der Waals surface area contributed by atoms with Crippen molar-refractivity contribution >= 4 is 11.8 Å². The van der Waals surface area contributed by atoms with Gasteiger partial charge in [-0.25, -0.2) is 13.6 Å². The molecule has 0 aliphatic carbocycles. The summed E-state index contributed by atoms with van der Waals surface area (Å²) >= 11 is 0. The molecule has 0 unspecified atom stereocenters. The zero-order chi connectivity index (χ0) is 29.7. The van der Waals surface area contributed by atoms with Crippen LogP contribution in [0, 0.1) is 11.6 Å². The highest BCUT2D eigenvalue weighted by atomic mass is 19.2. The van der Waals surface area contributed by atoms with Gasteiger partial charge < -0.3 is 28.7 Å². The van der Waals surface area contributed by atoms with Crippen LogP contribution in [0.5, 0.6) is 17.2 Å². The standard InChI is InChI=1S/C31H37F2N3O5/c1-31(2,3)41-30(37)35-11-9-23(10-12-35)36(24-7-8-25(32)26(33)16-24)19-20-13-22(18-34-17-20)21-14-27(38-4)29(40-6)28(15-21)39-5/h7-8,13-18,23H,9-12,19H2,1-6H3. The van der Waals surface area contributed by atoms with Crippen LogP contribution in [0.2, 0.25) is 0 Å². The Bertz CT molecular complexity index is 1350. The van der Waals surface area contributed by atoms with Crippen LogP contribution in [0.4, 0.5) is 19.3 Å². The number of carbonyl (C=O) groups is 1. The molecule has 0 saturated carbocycles. The third-order valence-electron chi connectivity index (χ3n) is 6.94. The highest BCUT2D eigenvalue weighted by Crippen LogP contribution is 2.41. The lowest BCUT2D eigenvalue weighted by Gasteiger charge is -2.40. The third-order valence-corrected chi connectivity index (χ3v) is 6.94. The number of hydrogen-bond donors (Lipinski definition) is 0. The Labute approximate surface area is 239 Å². The molecule has 220 valence electrons. The molecule has 2 heterocycles. The Morgan fingerprint density at radius 1 is 0.927 bits per heavy atom. The molecule has 1 aliphatic rings. The van der Waals surface area contributed by atoms with E-state index in [0.29, 0.717) is 55.4 Å². The fraction of sp³-hybridized carbons (Fsp3) is 0.419. The first-order chi connectivity index (χ1) is 19.5. The van der Waals surface area contributed by atoms with E-state index in [1.54, 1.807) is 44.7 Å². The second-order valence-electron chi connectivity index (χ2n) is 10.9. The van der Waals surface area contributed by atoms with Gasteiger partial charge in [0.05, 0.1) is 21.3 Å². The highest BCUT2D eigenvalue weighted by Gasteiger charge is 2.30. The number of hydrogen-bond acceptors (Lipinski definition) is 7. The van der Waals surface area contributed by atoms with Gasteiger partial charge >= 0.3 is 6.09 Å². The average Bonchev–Trinajstić information content (AvgIpc) is 2.96. The first kappa shape index (κ1) is 29.9. The first-order valence-electron chi connectivity index (χ1n) is 13.5. The lowest BCUT2D eigenvalue weighted by atomic mass is 10.0. The number of carbonyl (C=O) groups excluding carboxylic acids is 1.